The maximum absolute atomic E-state index is 11.0. The van der Waals surface area contributed by atoms with E-state index in [2.05, 4.69) is 24.1 Å². The average molecular weight is 242 g/mol. The Morgan fingerprint density at radius 2 is 1.94 bits per heavy atom. The third-order valence-electron chi connectivity index (χ3n) is 3.66. The highest BCUT2D eigenvalue weighted by molar-refractivity contribution is 5.73. The van der Waals surface area contributed by atoms with Gasteiger partial charge in [0.05, 0.1) is 0 Å². The number of likely N-dealkylation sites (tertiary alicyclic amines) is 1. The predicted molar refractivity (Wildman–Crippen MR) is 69.2 cm³/mol. The Kier molecular flexibility index (Phi) is 5.92. The second-order valence-electron chi connectivity index (χ2n) is 5.26. The first-order valence-corrected chi connectivity index (χ1v) is 6.76. The number of nitrogens with one attached hydrogen (secondary N) is 1. The van der Waals surface area contributed by atoms with Gasteiger partial charge in [0, 0.05) is 12.6 Å². The molecule has 0 saturated carbocycles. The highest BCUT2D eigenvalue weighted by atomic mass is 16.4. The van der Waals surface area contributed by atoms with Gasteiger partial charge in [0.2, 0.25) is 0 Å². The van der Waals surface area contributed by atoms with Crippen molar-refractivity contribution < 1.29 is 9.90 Å². The fraction of sp³-hybridized carbons (Fsp3) is 0.923. The summed E-state index contributed by atoms with van der Waals surface area (Å²) in [7, 11) is 0. The Labute approximate surface area is 104 Å². The molecule has 100 valence electrons. The first-order chi connectivity index (χ1) is 8.06. The molecule has 17 heavy (non-hydrogen) atoms. The van der Waals surface area contributed by atoms with Crippen LogP contribution in [0.3, 0.4) is 0 Å². The highest BCUT2D eigenvalue weighted by Crippen LogP contribution is 2.17. The molecule has 0 aromatic rings. The number of carbonyl (C=O) groups is 1. The van der Waals surface area contributed by atoms with Gasteiger partial charge >= 0.3 is 5.97 Å². The summed E-state index contributed by atoms with van der Waals surface area (Å²) in [6, 6.07) is 0.0600. The minimum absolute atomic E-state index is 0.404. The van der Waals surface area contributed by atoms with Crippen molar-refractivity contribution in [3.05, 3.63) is 0 Å². The van der Waals surface area contributed by atoms with E-state index in [0.29, 0.717) is 18.4 Å². The number of carboxylic acid groups (broad SMARTS) is 1. The molecule has 1 saturated heterocycles. The van der Waals surface area contributed by atoms with E-state index in [4.69, 9.17) is 5.11 Å². The lowest BCUT2D eigenvalue weighted by atomic mass is 10.0. The number of aliphatic carboxylic acids is 1. The zero-order valence-electron chi connectivity index (χ0n) is 11.3. The lowest BCUT2D eigenvalue weighted by Crippen LogP contribution is -2.48. The first-order valence-electron chi connectivity index (χ1n) is 6.76. The lowest BCUT2D eigenvalue weighted by Gasteiger charge is -2.32. The van der Waals surface area contributed by atoms with Gasteiger partial charge in [-0.2, -0.15) is 0 Å². The highest BCUT2D eigenvalue weighted by Gasteiger charge is 2.25. The monoisotopic (exact) mass is 242 g/mol. The smallest absolute Gasteiger partial charge is 0.320 e. The van der Waals surface area contributed by atoms with Crippen LogP contribution >= 0.6 is 0 Å². The summed E-state index contributed by atoms with van der Waals surface area (Å²) in [6.45, 7) is 9.44. The normalized spacial score (nSPS) is 20.7. The largest absolute Gasteiger partial charge is 0.480 e. The van der Waals surface area contributed by atoms with E-state index >= 15 is 0 Å². The summed E-state index contributed by atoms with van der Waals surface area (Å²) < 4.78 is 0. The van der Waals surface area contributed by atoms with Crippen molar-refractivity contribution in [2.75, 3.05) is 19.6 Å². The van der Waals surface area contributed by atoms with Crippen LogP contribution in [0.4, 0.5) is 0 Å². The Hall–Kier alpha value is -0.610. The number of carboxylic acids is 1. The summed E-state index contributed by atoms with van der Waals surface area (Å²) in [4.78, 5) is 13.5. The molecule has 0 aromatic heterocycles. The maximum Gasteiger partial charge on any atom is 0.320 e. The van der Waals surface area contributed by atoms with Crippen LogP contribution in [0.2, 0.25) is 0 Å². The molecule has 2 unspecified atom stereocenters. The maximum atomic E-state index is 11.0. The van der Waals surface area contributed by atoms with Gasteiger partial charge in [-0.1, -0.05) is 20.8 Å². The molecule has 4 heteroatoms. The Balaban J connectivity index is 2.46. The van der Waals surface area contributed by atoms with Crippen LogP contribution in [-0.2, 0) is 4.79 Å². The van der Waals surface area contributed by atoms with E-state index in [-0.39, 0.29) is 0 Å². The molecule has 0 amide bonds. The number of rotatable bonds is 7. The topological polar surface area (TPSA) is 52.6 Å². The molecule has 2 atom stereocenters. The van der Waals surface area contributed by atoms with Gasteiger partial charge in [-0.15, -0.1) is 0 Å². The quantitative estimate of drug-likeness (QED) is 0.711. The molecule has 1 fully saturated rings. The van der Waals surface area contributed by atoms with Crippen molar-refractivity contribution in [3.63, 3.8) is 0 Å². The zero-order chi connectivity index (χ0) is 12.8. The van der Waals surface area contributed by atoms with Crippen LogP contribution in [0, 0.1) is 5.92 Å². The molecule has 0 radical (unpaired) electrons. The SMILES string of the molecule is CCC(NCC(C(C)C)N1CCCC1)C(=O)O. The number of nitrogens with zero attached hydrogens (tertiary/aromatic N) is 1. The second-order valence-corrected chi connectivity index (χ2v) is 5.26. The Morgan fingerprint density at radius 3 is 2.35 bits per heavy atom. The zero-order valence-corrected chi connectivity index (χ0v) is 11.3. The van der Waals surface area contributed by atoms with Crippen LogP contribution in [0.5, 0.6) is 0 Å². The number of hydrogen-bond acceptors (Lipinski definition) is 3. The standard InChI is InChI=1S/C13H26N2O2/c1-4-11(13(16)17)14-9-12(10(2)3)15-7-5-6-8-15/h10-12,14H,4-9H2,1-3H3,(H,16,17). The molecule has 0 bridgehead atoms. The van der Waals surface area contributed by atoms with Crippen molar-refractivity contribution in [2.45, 2.75) is 52.1 Å². The van der Waals surface area contributed by atoms with Gasteiger partial charge in [-0.25, -0.2) is 0 Å². The van der Waals surface area contributed by atoms with Gasteiger partial charge in [0.25, 0.3) is 0 Å². The van der Waals surface area contributed by atoms with Gasteiger partial charge in [-0.05, 0) is 38.3 Å². The fourth-order valence-electron chi connectivity index (χ4n) is 2.53. The molecule has 1 rings (SSSR count). The fourth-order valence-corrected chi connectivity index (χ4v) is 2.53. The lowest BCUT2D eigenvalue weighted by molar-refractivity contribution is -0.139. The summed E-state index contributed by atoms with van der Waals surface area (Å²) in [5.74, 6) is -0.177. The van der Waals surface area contributed by atoms with Gasteiger partial charge in [0.15, 0.2) is 0 Å². The summed E-state index contributed by atoms with van der Waals surface area (Å²) in [5.41, 5.74) is 0. The predicted octanol–water partition coefficient (Wildman–Crippen LogP) is 1.56. The van der Waals surface area contributed by atoms with Crippen LogP contribution < -0.4 is 5.32 Å². The second kappa shape index (κ2) is 6.97. The average Bonchev–Trinajstić information content (AvgIpc) is 2.76. The van der Waals surface area contributed by atoms with Crippen molar-refractivity contribution >= 4 is 5.97 Å². The molecule has 1 heterocycles. The molecule has 0 aliphatic carbocycles. The van der Waals surface area contributed by atoms with Crippen molar-refractivity contribution in [1.29, 1.82) is 0 Å². The van der Waals surface area contributed by atoms with Crippen molar-refractivity contribution in [3.8, 4) is 0 Å². The molecular weight excluding hydrogens is 216 g/mol. The molecule has 0 aromatic carbocycles. The van der Waals surface area contributed by atoms with Gasteiger partial charge < -0.3 is 10.4 Å². The van der Waals surface area contributed by atoms with E-state index < -0.39 is 12.0 Å². The third-order valence-corrected chi connectivity index (χ3v) is 3.66. The number of hydrogen-bond donors (Lipinski definition) is 2. The Bertz CT molecular complexity index is 238. The van der Waals surface area contributed by atoms with Crippen LogP contribution in [-0.4, -0.2) is 47.7 Å². The summed E-state index contributed by atoms with van der Waals surface area (Å²) >= 11 is 0. The van der Waals surface area contributed by atoms with E-state index in [9.17, 15) is 4.79 Å². The van der Waals surface area contributed by atoms with E-state index in [0.717, 1.165) is 19.6 Å². The van der Waals surface area contributed by atoms with E-state index in [1.165, 1.54) is 12.8 Å². The molecule has 0 spiro atoms. The van der Waals surface area contributed by atoms with Crippen molar-refractivity contribution in [2.24, 2.45) is 5.92 Å². The van der Waals surface area contributed by atoms with Crippen LogP contribution in [0.25, 0.3) is 0 Å². The first kappa shape index (κ1) is 14.5. The van der Waals surface area contributed by atoms with Gasteiger partial charge in [-0.3, -0.25) is 9.69 Å². The minimum Gasteiger partial charge on any atom is -0.480 e. The van der Waals surface area contributed by atoms with E-state index in [1.54, 1.807) is 0 Å². The molecule has 1 aliphatic heterocycles. The molecule has 4 nitrogen and oxygen atoms in total. The van der Waals surface area contributed by atoms with Crippen LogP contribution in [0.1, 0.15) is 40.0 Å². The van der Waals surface area contributed by atoms with Crippen LogP contribution in [0.15, 0.2) is 0 Å². The molecule has 2 N–H and O–H groups in total. The van der Waals surface area contributed by atoms with E-state index in [1.807, 2.05) is 6.92 Å². The minimum atomic E-state index is -0.739. The van der Waals surface area contributed by atoms with Crippen molar-refractivity contribution in [1.82, 2.24) is 10.2 Å². The Morgan fingerprint density at radius 1 is 1.35 bits per heavy atom. The summed E-state index contributed by atoms with van der Waals surface area (Å²) in [5, 5.41) is 12.2. The van der Waals surface area contributed by atoms with Gasteiger partial charge in [0.1, 0.15) is 6.04 Å². The summed E-state index contributed by atoms with van der Waals surface area (Å²) in [6.07, 6.45) is 3.19. The molecule has 1 aliphatic rings. The third kappa shape index (κ3) is 4.28. The molecular formula is C13H26N2O2.